The van der Waals surface area contributed by atoms with Crippen molar-refractivity contribution >= 4 is 37.4 Å². The number of non-ortho nitro benzene ring substituents is 1. The van der Waals surface area contributed by atoms with E-state index in [-0.39, 0.29) is 15.9 Å². The molecule has 1 aromatic carbocycles. The molecule has 0 atom stereocenters. The number of thiazole rings is 1. The van der Waals surface area contributed by atoms with Gasteiger partial charge in [0.1, 0.15) is 4.70 Å². The SMILES string of the molecule is O=[N+]([O-])c1cccc2nc(S(=O)(=O)O)sc12. The standard InChI is InChI=1S/C7H4N2O5S2/c10-9(11)5-3-1-2-4-6(5)15-7(8-4)16(12,13)14/h1-3H,(H,12,13,14). The molecule has 1 aromatic heterocycles. The van der Waals surface area contributed by atoms with Crippen LogP contribution in [0.3, 0.4) is 0 Å². The van der Waals surface area contributed by atoms with E-state index in [1.165, 1.54) is 18.2 Å². The molecule has 7 nitrogen and oxygen atoms in total. The van der Waals surface area contributed by atoms with Crippen LogP contribution in [0.15, 0.2) is 22.5 Å². The van der Waals surface area contributed by atoms with E-state index in [4.69, 9.17) is 4.55 Å². The fourth-order valence-corrected chi connectivity index (χ4v) is 2.84. The van der Waals surface area contributed by atoms with Gasteiger partial charge in [0.2, 0.25) is 4.34 Å². The van der Waals surface area contributed by atoms with Crippen LogP contribution in [0.5, 0.6) is 0 Å². The van der Waals surface area contributed by atoms with Gasteiger partial charge in [0.25, 0.3) is 5.69 Å². The van der Waals surface area contributed by atoms with Crippen molar-refractivity contribution in [3.05, 3.63) is 28.3 Å². The van der Waals surface area contributed by atoms with Crippen LogP contribution in [-0.2, 0) is 10.1 Å². The van der Waals surface area contributed by atoms with Gasteiger partial charge in [-0.2, -0.15) is 8.42 Å². The molecule has 0 spiro atoms. The third-order valence-electron chi connectivity index (χ3n) is 1.79. The number of aromatic nitrogens is 1. The summed E-state index contributed by atoms with van der Waals surface area (Å²) in [5, 5.41) is 10.6. The second-order valence-corrected chi connectivity index (χ2v) is 5.43. The van der Waals surface area contributed by atoms with E-state index in [0.717, 1.165) is 0 Å². The van der Waals surface area contributed by atoms with Gasteiger partial charge < -0.3 is 0 Å². The maximum absolute atomic E-state index is 10.8. The summed E-state index contributed by atoms with van der Waals surface area (Å²) in [4.78, 5) is 13.6. The predicted octanol–water partition coefficient (Wildman–Crippen LogP) is 1.45. The first kappa shape index (κ1) is 10.9. The predicted molar refractivity (Wildman–Crippen MR) is 56.1 cm³/mol. The van der Waals surface area contributed by atoms with Crippen LogP contribution < -0.4 is 0 Å². The summed E-state index contributed by atoms with van der Waals surface area (Å²) in [5.74, 6) is 0. The molecule has 0 amide bonds. The Kier molecular flexibility index (Phi) is 2.37. The summed E-state index contributed by atoms with van der Waals surface area (Å²) in [7, 11) is -4.42. The topological polar surface area (TPSA) is 110 Å². The fourth-order valence-electron chi connectivity index (χ4n) is 1.17. The third kappa shape index (κ3) is 1.75. The Bertz CT molecular complexity index is 675. The maximum atomic E-state index is 10.8. The minimum atomic E-state index is -4.42. The first-order valence-electron chi connectivity index (χ1n) is 3.91. The lowest BCUT2D eigenvalue weighted by atomic mass is 10.3. The zero-order valence-corrected chi connectivity index (χ0v) is 9.16. The van der Waals surface area contributed by atoms with Crippen molar-refractivity contribution in [2.45, 2.75) is 4.34 Å². The van der Waals surface area contributed by atoms with E-state index in [1.54, 1.807) is 0 Å². The molecule has 0 saturated carbocycles. The van der Waals surface area contributed by atoms with Crippen molar-refractivity contribution < 1.29 is 17.9 Å². The van der Waals surface area contributed by atoms with E-state index < -0.39 is 19.4 Å². The highest BCUT2D eigenvalue weighted by Crippen LogP contribution is 2.32. The van der Waals surface area contributed by atoms with Crippen LogP contribution >= 0.6 is 11.3 Å². The normalized spacial score (nSPS) is 11.8. The first-order chi connectivity index (χ1) is 7.39. The molecule has 0 radical (unpaired) electrons. The van der Waals surface area contributed by atoms with E-state index in [1.807, 2.05) is 0 Å². The molecule has 0 saturated heterocycles. The van der Waals surface area contributed by atoms with Crippen molar-refractivity contribution in [3.8, 4) is 0 Å². The lowest BCUT2D eigenvalue weighted by Crippen LogP contribution is -1.95. The number of rotatable bonds is 2. The highest BCUT2D eigenvalue weighted by Gasteiger charge is 2.21. The second kappa shape index (κ2) is 3.47. The second-order valence-electron chi connectivity index (χ2n) is 2.84. The van der Waals surface area contributed by atoms with Gasteiger partial charge in [0, 0.05) is 6.07 Å². The smallest absolute Gasteiger partial charge is 0.280 e. The molecule has 16 heavy (non-hydrogen) atoms. The van der Waals surface area contributed by atoms with E-state index in [2.05, 4.69) is 4.98 Å². The Morgan fingerprint density at radius 1 is 1.44 bits per heavy atom. The van der Waals surface area contributed by atoms with Gasteiger partial charge >= 0.3 is 10.1 Å². The average molecular weight is 260 g/mol. The van der Waals surface area contributed by atoms with Crippen LogP contribution in [0.4, 0.5) is 5.69 Å². The molecule has 0 fully saturated rings. The Morgan fingerprint density at radius 3 is 2.69 bits per heavy atom. The van der Waals surface area contributed by atoms with Crippen LogP contribution in [-0.4, -0.2) is 22.9 Å². The molecule has 0 unspecified atom stereocenters. The monoisotopic (exact) mass is 260 g/mol. The molecule has 0 aliphatic heterocycles. The number of nitrogens with zero attached hydrogens (tertiary/aromatic N) is 2. The van der Waals surface area contributed by atoms with E-state index >= 15 is 0 Å². The molecule has 0 bridgehead atoms. The van der Waals surface area contributed by atoms with Crippen molar-refractivity contribution in [1.29, 1.82) is 0 Å². The highest BCUT2D eigenvalue weighted by molar-refractivity contribution is 7.88. The number of benzene rings is 1. The van der Waals surface area contributed by atoms with Crippen LogP contribution in [0.2, 0.25) is 0 Å². The minimum Gasteiger partial charge on any atom is -0.280 e. The number of fused-ring (bicyclic) bond motifs is 1. The number of nitro groups is 1. The van der Waals surface area contributed by atoms with Crippen molar-refractivity contribution in [3.63, 3.8) is 0 Å². The van der Waals surface area contributed by atoms with Gasteiger partial charge in [-0.3, -0.25) is 14.7 Å². The molecule has 1 N–H and O–H groups in total. The summed E-state index contributed by atoms with van der Waals surface area (Å²) < 4.78 is 30.0. The zero-order chi connectivity index (χ0) is 11.9. The minimum absolute atomic E-state index is 0.125. The molecule has 9 heteroatoms. The molecule has 1 heterocycles. The van der Waals surface area contributed by atoms with Crippen LogP contribution in [0, 0.1) is 10.1 Å². The number of hydrogen-bond acceptors (Lipinski definition) is 6. The average Bonchev–Trinajstić information content (AvgIpc) is 2.59. The summed E-state index contributed by atoms with van der Waals surface area (Å²) in [6, 6.07) is 4.08. The van der Waals surface area contributed by atoms with Gasteiger partial charge in [0.05, 0.1) is 10.4 Å². The van der Waals surface area contributed by atoms with Crippen LogP contribution in [0.1, 0.15) is 0 Å². The quantitative estimate of drug-likeness (QED) is 0.497. The Balaban J connectivity index is 2.81. The maximum Gasteiger partial charge on any atom is 0.322 e. The molecule has 2 aromatic rings. The zero-order valence-electron chi connectivity index (χ0n) is 7.52. The van der Waals surface area contributed by atoms with Gasteiger partial charge in [0.15, 0.2) is 0 Å². The van der Waals surface area contributed by atoms with Crippen molar-refractivity contribution in [1.82, 2.24) is 4.98 Å². The lowest BCUT2D eigenvalue weighted by Gasteiger charge is -1.89. The summed E-state index contributed by atoms with van der Waals surface area (Å²) in [6.45, 7) is 0. The molecular formula is C7H4N2O5S2. The Labute approximate surface area is 93.3 Å². The van der Waals surface area contributed by atoms with E-state index in [0.29, 0.717) is 11.3 Å². The van der Waals surface area contributed by atoms with Crippen LogP contribution in [0.25, 0.3) is 10.2 Å². The molecular weight excluding hydrogens is 256 g/mol. The summed E-state index contributed by atoms with van der Waals surface area (Å²) >= 11 is 0.568. The fraction of sp³-hybridized carbons (Fsp3) is 0. The van der Waals surface area contributed by atoms with Gasteiger partial charge in [-0.25, -0.2) is 4.98 Å². The Hall–Kier alpha value is -1.58. The first-order valence-corrected chi connectivity index (χ1v) is 6.16. The largest absolute Gasteiger partial charge is 0.322 e. The summed E-state index contributed by atoms with van der Waals surface area (Å²) in [5.41, 5.74) is -0.0586. The molecule has 0 aliphatic carbocycles. The molecule has 0 aliphatic rings. The van der Waals surface area contributed by atoms with Crippen molar-refractivity contribution in [2.24, 2.45) is 0 Å². The van der Waals surface area contributed by atoms with Gasteiger partial charge in [-0.1, -0.05) is 17.4 Å². The molecule has 84 valence electrons. The lowest BCUT2D eigenvalue weighted by molar-refractivity contribution is -0.382. The van der Waals surface area contributed by atoms with Gasteiger partial charge in [-0.05, 0) is 6.07 Å². The van der Waals surface area contributed by atoms with Gasteiger partial charge in [-0.15, -0.1) is 0 Å². The highest BCUT2D eigenvalue weighted by atomic mass is 32.3. The summed E-state index contributed by atoms with van der Waals surface area (Å²) in [6.07, 6.45) is 0. The van der Waals surface area contributed by atoms with E-state index in [9.17, 15) is 18.5 Å². The Morgan fingerprint density at radius 2 is 2.12 bits per heavy atom. The number of nitro benzene ring substituents is 1. The number of hydrogen-bond donors (Lipinski definition) is 1. The third-order valence-corrected chi connectivity index (χ3v) is 4.09. The molecule has 2 rings (SSSR count). The van der Waals surface area contributed by atoms with Crippen molar-refractivity contribution in [2.75, 3.05) is 0 Å².